The molecule has 0 spiro atoms. The molecule has 0 saturated carbocycles. The summed E-state index contributed by atoms with van der Waals surface area (Å²) in [5.74, 6) is 0.444. The Hall–Kier alpha value is -4.04. The molecule has 170 valence electrons. The number of furan rings is 1. The third kappa shape index (κ3) is 4.15. The first-order chi connectivity index (χ1) is 16.5. The predicted octanol–water partition coefficient (Wildman–Crippen LogP) is 4.92. The summed E-state index contributed by atoms with van der Waals surface area (Å²) in [6, 6.07) is 20.0. The zero-order valence-electron chi connectivity index (χ0n) is 18.4. The molecular weight excluding hydrogens is 448 g/mol. The summed E-state index contributed by atoms with van der Waals surface area (Å²) in [4.78, 5) is 22.4. The molecule has 0 amide bonds. The van der Waals surface area contributed by atoms with Crippen LogP contribution in [0.15, 0.2) is 83.5 Å². The summed E-state index contributed by atoms with van der Waals surface area (Å²) in [6.45, 7) is 2.39. The number of thiocarbonyl (C=S) groups is 1. The topological polar surface area (TPSA) is 91.5 Å². The maximum absolute atomic E-state index is 11.3. The van der Waals surface area contributed by atoms with Crippen molar-refractivity contribution in [2.45, 2.75) is 25.6 Å². The number of nitrogens with one attached hydrogen (secondary N) is 1. The lowest BCUT2D eigenvalue weighted by atomic mass is 10.0. The Bertz CT molecular complexity index is 1340. The largest absolute Gasteiger partial charge is 0.478 e. The predicted molar refractivity (Wildman–Crippen MR) is 131 cm³/mol. The Balaban J connectivity index is 1.53. The summed E-state index contributed by atoms with van der Waals surface area (Å²) < 4.78 is 6.37. The number of aryl methyl sites for hydroxylation is 1. The van der Waals surface area contributed by atoms with E-state index in [0.717, 1.165) is 28.3 Å². The molecular formula is C26H22N4O3S. The highest BCUT2D eigenvalue weighted by Gasteiger charge is 2.41. The number of carboxylic acid groups (broad SMARTS) is 1. The van der Waals surface area contributed by atoms with Gasteiger partial charge in [0, 0.05) is 18.0 Å². The number of benzene rings is 1. The summed E-state index contributed by atoms with van der Waals surface area (Å²) in [5.41, 5.74) is 3.67. The minimum atomic E-state index is -0.955. The Morgan fingerprint density at radius 2 is 1.88 bits per heavy atom. The van der Waals surface area contributed by atoms with Crippen molar-refractivity contribution in [3.8, 4) is 11.3 Å². The minimum Gasteiger partial charge on any atom is -0.478 e. The molecule has 3 aromatic heterocycles. The molecule has 7 nitrogen and oxygen atoms in total. The molecule has 0 bridgehead atoms. The number of aromatic nitrogens is 2. The molecule has 2 atom stereocenters. The lowest BCUT2D eigenvalue weighted by Crippen LogP contribution is -2.29. The van der Waals surface area contributed by atoms with Crippen molar-refractivity contribution in [2.75, 3.05) is 0 Å². The second-order valence-electron chi connectivity index (χ2n) is 8.11. The monoisotopic (exact) mass is 470 g/mol. The molecule has 34 heavy (non-hydrogen) atoms. The van der Waals surface area contributed by atoms with E-state index in [4.69, 9.17) is 16.6 Å². The summed E-state index contributed by atoms with van der Waals surface area (Å²) >= 11 is 5.72. The van der Waals surface area contributed by atoms with Gasteiger partial charge >= 0.3 is 5.97 Å². The van der Waals surface area contributed by atoms with Gasteiger partial charge in [-0.05, 0) is 73.2 Å². The van der Waals surface area contributed by atoms with Crippen molar-refractivity contribution in [1.82, 2.24) is 20.2 Å². The fraction of sp³-hybridized carbons (Fsp3) is 0.154. The van der Waals surface area contributed by atoms with Crippen molar-refractivity contribution in [3.63, 3.8) is 0 Å². The summed E-state index contributed by atoms with van der Waals surface area (Å²) in [5, 5.41) is 13.3. The molecule has 4 aromatic rings. The first-order valence-electron chi connectivity index (χ1n) is 10.8. The molecule has 4 heterocycles. The van der Waals surface area contributed by atoms with Crippen LogP contribution in [0.25, 0.3) is 11.3 Å². The number of rotatable bonds is 6. The maximum Gasteiger partial charge on any atom is 0.335 e. The molecule has 8 heteroatoms. The van der Waals surface area contributed by atoms with Gasteiger partial charge in [0.15, 0.2) is 5.11 Å². The van der Waals surface area contributed by atoms with Crippen LogP contribution in [0, 0.1) is 6.92 Å². The molecule has 0 aliphatic carbocycles. The number of hydrogen-bond donors (Lipinski definition) is 2. The lowest BCUT2D eigenvalue weighted by Gasteiger charge is -2.25. The second kappa shape index (κ2) is 9.07. The molecule has 1 fully saturated rings. The SMILES string of the molecule is Cc1cc(C(=O)O)ccc1-c1ccc([C@H]2[C@H](c3ccccn3)NC(=S)N2Cc2ccccn2)o1. The van der Waals surface area contributed by atoms with E-state index in [1.165, 1.54) is 0 Å². The average molecular weight is 471 g/mol. The molecule has 1 aliphatic heterocycles. The molecule has 1 saturated heterocycles. The van der Waals surface area contributed by atoms with Crippen LogP contribution in [0.1, 0.15) is 45.2 Å². The van der Waals surface area contributed by atoms with E-state index in [1.54, 1.807) is 30.6 Å². The standard InChI is InChI=1S/C26H22N4O3S/c1-16-14-17(25(31)32)8-9-19(16)21-10-11-22(33-21)24-23(20-7-3-5-13-28-20)29-26(34)30(24)15-18-6-2-4-12-27-18/h2-14,23-24H,15H2,1H3,(H,29,34)(H,31,32)/t23-,24-/m0/s1. The Morgan fingerprint density at radius 1 is 1.09 bits per heavy atom. The van der Waals surface area contributed by atoms with Gasteiger partial charge < -0.3 is 19.7 Å². The molecule has 5 rings (SSSR count). The highest BCUT2D eigenvalue weighted by Crippen LogP contribution is 2.41. The first kappa shape index (κ1) is 21.8. The van der Waals surface area contributed by atoms with Gasteiger partial charge in [-0.25, -0.2) is 4.79 Å². The van der Waals surface area contributed by atoms with Crippen molar-refractivity contribution >= 4 is 23.3 Å². The van der Waals surface area contributed by atoms with Gasteiger partial charge in [-0.2, -0.15) is 0 Å². The van der Waals surface area contributed by atoms with Gasteiger partial charge in [-0.15, -0.1) is 0 Å². The number of carbonyl (C=O) groups is 1. The van der Waals surface area contributed by atoms with Crippen molar-refractivity contribution in [1.29, 1.82) is 0 Å². The quantitative estimate of drug-likeness (QED) is 0.384. The van der Waals surface area contributed by atoms with Gasteiger partial charge in [0.05, 0.1) is 29.5 Å². The first-order valence-corrected chi connectivity index (χ1v) is 11.2. The van der Waals surface area contributed by atoms with Crippen LogP contribution in [-0.4, -0.2) is 31.1 Å². The number of aromatic carboxylic acids is 1. The van der Waals surface area contributed by atoms with E-state index in [9.17, 15) is 9.90 Å². The van der Waals surface area contributed by atoms with Crippen LogP contribution in [0.2, 0.25) is 0 Å². The number of nitrogens with zero attached hydrogens (tertiary/aromatic N) is 3. The van der Waals surface area contributed by atoms with E-state index >= 15 is 0 Å². The van der Waals surface area contributed by atoms with E-state index < -0.39 is 5.97 Å². The fourth-order valence-electron chi connectivity index (χ4n) is 4.28. The second-order valence-corrected chi connectivity index (χ2v) is 8.50. The van der Waals surface area contributed by atoms with Crippen molar-refractivity contribution < 1.29 is 14.3 Å². The van der Waals surface area contributed by atoms with Crippen LogP contribution in [-0.2, 0) is 6.54 Å². The highest BCUT2D eigenvalue weighted by atomic mass is 32.1. The van der Waals surface area contributed by atoms with E-state index in [1.807, 2.05) is 55.5 Å². The fourth-order valence-corrected chi connectivity index (χ4v) is 4.59. The normalized spacial score (nSPS) is 17.6. The van der Waals surface area contributed by atoms with Crippen LogP contribution in [0.4, 0.5) is 0 Å². The summed E-state index contributed by atoms with van der Waals surface area (Å²) in [6.07, 6.45) is 3.53. The van der Waals surface area contributed by atoms with Gasteiger partial charge in [0.1, 0.15) is 17.6 Å². The Morgan fingerprint density at radius 3 is 2.56 bits per heavy atom. The maximum atomic E-state index is 11.3. The third-order valence-electron chi connectivity index (χ3n) is 5.91. The van der Waals surface area contributed by atoms with Crippen molar-refractivity contribution in [2.24, 2.45) is 0 Å². The van der Waals surface area contributed by atoms with Crippen molar-refractivity contribution in [3.05, 3.63) is 107 Å². The van der Waals surface area contributed by atoms with Crippen LogP contribution >= 0.6 is 12.2 Å². The van der Waals surface area contributed by atoms with Crippen LogP contribution in [0.5, 0.6) is 0 Å². The smallest absolute Gasteiger partial charge is 0.335 e. The zero-order valence-corrected chi connectivity index (χ0v) is 19.2. The van der Waals surface area contributed by atoms with E-state index in [-0.39, 0.29) is 17.6 Å². The van der Waals surface area contributed by atoms with Gasteiger partial charge in [-0.1, -0.05) is 18.2 Å². The third-order valence-corrected chi connectivity index (χ3v) is 6.27. The molecule has 1 aromatic carbocycles. The Kier molecular flexibility index (Phi) is 5.81. The van der Waals surface area contributed by atoms with Gasteiger partial charge in [0.25, 0.3) is 0 Å². The van der Waals surface area contributed by atoms with Crippen LogP contribution in [0.3, 0.4) is 0 Å². The highest BCUT2D eigenvalue weighted by molar-refractivity contribution is 7.80. The summed E-state index contributed by atoms with van der Waals surface area (Å²) in [7, 11) is 0. The molecule has 1 aliphatic rings. The molecule has 2 N–H and O–H groups in total. The van der Waals surface area contributed by atoms with Crippen LogP contribution < -0.4 is 5.32 Å². The minimum absolute atomic E-state index is 0.202. The number of hydrogen-bond acceptors (Lipinski definition) is 5. The van der Waals surface area contributed by atoms with E-state index in [2.05, 4.69) is 20.2 Å². The molecule has 0 unspecified atom stereocenters. The average Bonchev–Trinajstić information content (AvgIpc) is 3.45. The number of carboxylic acids is 1. The van der Waals surface area contributed by atoms with Gasteiger partial charge in [-0.3, -0.25) is 9.97 Å². The Labute approximate surface area is 202 Å². The van der Waals surface area contributed by atoms with E-state index in [0.29, 0.717) is 17.4 Å². The zero-order chi connectivity index (χ0) is 23.7. The lowest BCUT2D eigenvalue weighted by molar-refractivity contribution is 0.0697. The number of pyridine rings is 2. The molecule has 0 radical (unpaired) electrons. The van der Waals surface area contributed by atoms with Gasteiger partial charge in [0.2, 0.25) is 0 Å².